The summed E-state index contributed by atoms with van der Waals surface area (Å²) in [5.74, 6) is 0. The van der Waals surface area contributed by atoms with Crippen molar-refractivity contribution >= 4 is 18.5 Å². The number of ether oxygens (including phenoxy) is 12. The zero-order valence-corrected chi connectivity index (χ0v) is 24.8. The minimum absolute atomic E-state index is 0.170. The average molecular weight is 609 g/mol. The van der Waals surface area contributed by atoms with Crippen molar-refractivity contribution in [2.24, 2.45) is 5.41 Å². The highest BCUT2D eigenvalue weighted by Gasteiger charge is 2.32. The number of rotatable bonds is 22. The fourth-order valence-electron chi connectivity index (χ4n) is 4.03. The summed E-state index contributed by atoms with van der Waals surface area (Å²) in [6.07, 6.45) is -3.37. The van der Waals surface area contributed by atoms with Gasteiger partial charge in [-0.1, -0.05) is 6.92 Å². The molecule has 0 amide bonds. The Morgan fingerprint density at radius 2 is 1.02 bits per heavy atom. The third kappa shape index (κ3) is 12.4. The molecule has 3 fully saturated rings. The Hall–Kier alpha value is -2.43. The Balaban J connectivity index is 1.42. The fourth-order valence-corrected chi connectivity index (χ4v) is 4.03. The van der Waals surface area contributed by atoms with E-state index in [1.54, 1.807) is 0 Å². The highest BCUT2D eigenvalue weighted by Crippen LogP contribution is 2.25. The van der Waals surface area contributed by atoms with Crippen molar-refractivity contribution < 1.29 is 71.2 Å². The van der Waals surface area contributed by atoms with Gasteiger partial charge in [-0.2, -0.15) is 0 Å². The van der Waals surface area contributed by atoms with Gasteiger partial charge < -0.3 is 56.8 Å². The van der Waals surface area contributed by atoms with Gasteiger partial charge in [-0.15, -0.1) is 0 Å². The van der Waals surface area contributed by atoms with Gasteiger partial charge in [0.25, 0.3) is 0 Å². The van der Waals surface area contributed by atoms with Crippen LogP contribution >= 0.6 is 0 Å². The largest absolute Gasteiger partial charge is 0.508 e. The lowest BCUT2D eigenvalue weighted by atomic mass is 9.88. The summed E-state index contributed by atoms with van der Waals surface area (Å²) in [5.41, 5.74) is -0.480. The standard InChI is InChI=1S/C27H44O15/c1-5-27(15-32-7-18(2)34-10-22-13-37-25(29)41-22,16-33-8-19(3)35-11-23-14-38-26(30)42-23)17-39-20(4)6-31-9-21-12-36-24(28)40-21/h18-23H,5-17H2,1-4H3. The minimum Gasteiger partial charge on any atom is -0.430 e. The Labute approximate surface area is 245 Å². The Morgan fingerprint density at radius 1 is 0.619 bits per heavy atom. The van der Waals surface area contributed by atoms with Crippen LogP contribution in [0.1, 0.15) is 34.1 Å². The van der Waals surface area contributed by atoms with Crippen molar-refractivity contribution in [1.82, 2.24) is 0 Å². The molecule has 6 unspecified atom stereocenters. The molecular weight excluding hydrogens is 564 g/mol. The highest BCUT2D eigenvalue weighted by atomic mass is 16.8. The summed E-state index contributed by atoms with van der Waals surface area (Å²) >= 11 is 0. The third-order valence-corrected chi connectivity index (χ3v) is 6.69. The normalized spacial score (nSPS) is 25.4. The molecule has 3 saturated heterocycles. The lowest BCUT2D eigenvalue weighted by Crippen LogP contribution is -2.40. The summed E-state index contributed by atoms with van der Waals surface area (Å²) < 4.78 is 64.6. The molecule has 242 valence electrons. The van der Waals surface area contributed by atoms with Gasteiger partial charge in [0.1, 0.15) is 19.8 Å². The molecule has 0 aromatic heterocycles. The molecule has 6 atom stereocenters. The van der Waals surface area contributed by atoms with E-state index in [1.807, 2.05) is 27.7 Å². The molecule has 0 N–H and O–H groups in total. The predicted molar refractivity (Wildman–Crippen MR) is 140 cm³/mol. The summed E-state index contributed by atoms with van der Waals surface area (Å²) in [5, 5.41) is 0. The molecule has 0 saturated carbocycles. The predicted octanol–water partition coefficient (Wildman–Crippen LogP) is 2.25. The molecule has 15 heteroatoms. The average Bonchev–Trinajstić information content (AvgIpc) is 3.70. The lowest BCUT2D eigenvalue weighted by molar-refractivity contribution is -0.121. The zero-order valence-electron chi connectivity index (χ0n) is 24.8. The van der Waals surface area contributed by atoms with Crippen LogP contribution in [0.25, 0.3) is 0 Å². The van der Waals surface area contributed by atoms with Gasteiger partial charge in [-0.05, 0) is 27.2 Å². The quantitative estimate of drug-likeness (QED) is 0.130. The smallest absolute Gasteiger partial charge is 0.430 e. The molecule has 42 heavy (non-hydrogen) atoms. The van der Waals surface area contributed by atoms with Gasteiger partial charge in [0, 0.05) is 5.41 Å². The molecule has 3 aliphatic heterocycles. The Kier molecular flexibility index (Phi) is 14.3. The molecular formula is C27H44O15. The monoisotopic (exact) mass is 608 g/mol. The van der Waals surface area contributed by atoms with Gasteiger partial charge in [0.15, 0.2) is 18.3 Å². The number of cyclic esters (lactones) is 6. The number of carbonyl (C=O) groups excluding carboxylic acids is 3. The van der Waals surface area contributed by atoms with Gasteiger partial charge in [0.05, 0.1) is 77.8 Å². The van der Waals surface area contributed by atoms with Crippen molar-refractivity contribution in [2.75, 3.05) is 79.3 Å². The molecule has 3 rings (SSSR count). The van der Waals surface area contributed by atoms with E-state index in [1.165, 1.54) is 0 Å². The van der Waals surface area contributed by atoms with Crippen molar-refractivity contribution in [3.8, 4) is 0 Å². The SMILES string of the molecule is CCC(COCC(C)OCC1COC(=O)O1)(COCC(C)OCC1COC(=O)O1)COC(C)COCC1COC(=O)O1. The van der Waals surface area contributed by atoms with E-state index in [0.717, 1.165) is 0 Å². The third-order valence-electron chi connectivity index (χ3n) is 6.69. The van der Waals surface area contributed by atoms with E-state index >= 15 is 0 Å². The first-order chi connectivity index (χ1) is 20.2. The molecule has 15 nitrogen and oxygen atoms in total. The maximum Gasteiger partial charge on any atom is 0.508 e. The van der Waals surface area contributed by atoms with Crippen molar-refractivity contribution in [2.45, 2.75) is 70.7 Å². The fraction of sp³-hybridized carbons (Fsp3) is 0.889. The van der Waals surface area contributed by atoms with Gasteiger partial charge >= 0.3 is 18.5 Å². The highest BCUT2D eigenvalue weighted by molar-refractivity contribution is 5.62. The second-order valence-electron chi connectivity index (χ2n) is 10.7. The zero-order chi connectivity index (χ0) is 30.4. The molecule has 3 aliphatic rings. The van der Waals surface area contributed by atoms with Crippen molar-refractivity contribution in [3.05, 3.63) is 0 Å². The number of carbonyl (C=O) groups is 3. The molecule has 0 aromatic carbocycles. The van der Waals surface area contributed by atoms with Crippen LogP contribution in [0, 0.1) is 5.41 Å². The van der Waals surface area contributed by atoms with Gasteiger partial charge in [-0.3, -0.25) is 0 Å². The van der Waals surface area contributed by atoms with E-state index in [4.69, 9.17) is 56.8 Å². The van der Waals surface area contributed by atoms with Gasteiger partial charge in [-0.25, -0.2) is 14.4 Å². The number of hydrogen-bond acceptors (Lipinski definition) is 15. The molecule has 0 aliphatic carbocycles. The molecule has 0 spiro atoms. The maximum atomic E-state index is 11.1. The van der Waals surface area contributed by atoms with Crippen LogP contribution in [0.3, 0.4) is 0 Å². The second kappa shape index (κ2) is 17.6. The molecule has 3 heterocycles. The Morgan fingerprint density at radius 3 is 1.43 bits per heavy atom. The van der Waals surface area contributed by atoms with E-state index < -0.39 is 42.2 Å². The summed E-state index contributed by atoms with van der Waals surface area (Å²) in [6.45, 7) is 10.8. The van der Waals surface area contributed by atoms with E-state index in [9.17, 15) is 14.4 Å². The van der Waals surface area contributed by atoms with Crippen molar-refractivity contribution in [3.63, 3.8) is 0 Å². The summed E-state index contributed by atoms with van der Waals surface area (Å²) in [4.78, 5) is 33.2. The molecule has 0 bridgehead atoms. The van der Waals surface area contributed by atoms with Crippen LogP contribution in [0.4, 0.5) is 14.4 Å². The Bertz CT molecular complexity index is 796. The van der Waals surface area contributed by atoms with E-state index in [-0.39, 0.29) is 58.0 Å². The lowest BCUT2D eigenvalue weighted by Gasteiger charge is -2.34. The van der Waals surface area contributed by atoms with Crippen LogP contribution in [-0.2, 0) is 56.8 Å². The van der Waals surface area contributed by atoms with E-state index in [2.05, 4.69) is 0 Å². The maximum absolute atomic E-state index is 11.1. The summed E-state index contributed by atoms with van der Waals surface area (Å²) in [7, 11) is 0. The topological polar surface area (TPSA) is 162 Å². The first kappa shape index (κ1) is 34.1. The van der Waals surface area contributed by atoms with Crippen LogP contribution in [-0.4, -0.2) is 134 Å². The number of hydrogen-bond donors (Lipinski definition) is 0. The van der Waals surface area contributed by atoms with E-state index in [0.29, 0.717) is 46.1 Å². The minimum atomic E-state index is -0.688. The summed E-state index contributed by atoms with van der Waals surface area (Å²) in [6, 6.07) is 0. The van der Waals surface area contributed by atoms with Crippen LogP contribution < -0.4 is 0 Å². The first-order valence-corrected chi connectivity index (χ1v) is 14.2. The molecule has 0 aromatic rings. The first-order valence-electron chi connectivity index (χ1n) is 14.2. The van der Waals surface area contributed by atoms with Crippen LogP contribution in [0.5, 0.6) is 0 Å². The van der Waals surface area contributed by atoms with Crippen LogP contribution in [0.15, 0.2) is 0 Å². The molecule has 0 radical (unpaired) electrons. The second-order valence-corrected chi connectivity index (χ2v) is 10.7. The van der Waals surface area contributed by atoms with Crippen LogP contribution in [0.2, 0.25) is 0 Å². The van der Waals surface area contributed by atoms with Gasteiger partial charge in [0.2, 0.25) is 0 Å². The van der Waals surface area contributed by atoms with Crippen molar-refractivity contribution in [1.29, 1.82) is 0 Å².